The molecular weight excluding hydrogens is 270 g/mol. The number of nitrogens with zero attached hydrogens (tertiary/aromatic N) is 3. The second-order valence-electron chi connectivity index (χ2n) is 4.03. The van der Waals surface area contributed by atoms with Crippen molar-refractivity contribution in [1.29, 1.82) is 0 Å². The molecular formula is C11H18BrN3O. The number of anilines is 1. The van der Waals surface area contributed by atoms with Crippen LogP contribution in [0.3, 0.4) is 0 Å². The Labute approximate surface area is 105 Å². The lowest BCUT2D eigenvalue weighted by molar-refractivity contribution is 0.204. The Balaban J connectivity index is 2.70. The summed E-state index contributed by atoms with van der Waals surface area (Å²) in [6.07, 6.45) is 3.53. The molecule has 0 saturated carbocycles. The number of hydrogen-bond donors (Lipinski definition) is 0. The van der Waals surface area contributed by atoms with Crippen LogP contribution < -0.4 is 4.90 Å². The second kappa shape index (κ2) is 6.81. The molecule has 0 bridgehead atoms. The van der Waals surface area contributed by atoms with Gasteiger partial charge in [-0.05, 0) is 21.8 Å². The van der Waals surface area contributed by atoms with Crippen molar-refractivity contribution in [3.05, 3.63) is 16.9 Å². The molecule has 16 heavy (non-hydrogen) atoms. The molecule has 1 heterocycles. The molecule has 0 aliphatic rings. The molecule has 0 aliphatic carbocycles. The van der Waals surface area contributed by atoms with Crippen LogP contribution in [0.1, 0.15) is 13.8 Å². The van der Waals surface area contributed by atoms with E-state index in [1.807, 2.05) is 0 Å². The van der Waals surface area contributed by atoms with Gasteiger partial charge < -0.3 is 9.64 Å². The van der Waals surface area contributed by atoms with Crippen molar-refractivity contribution in [2.45, 2.75) is 13.8 Å². The minimum absolute atomic E-state index is 0.573. The summed E-state index contributed by atoms with van der Waals surface area (Å²) >= 11 is 3.33. The van der Waals surface area contributed by atoms with E-state index in [1.165, 1.54) is 0 Å². The molecule has 0 unspecified atom stereocenters. The Morgan fingerprint density at radius 3 is 2.50 bits per heavy atom. The Kier molecular flexibility index (Phi) is 5.69. The van der Waals surface area contributed by atoms with E-state index in [1.54, 1.807) is 19.5 Å². The number of halogens is 1. The fourth-order valence-corrected chi connectivity index (χ4v) is 1.59. The van der Waals surface area contributed by atoms with Crippen LogP contribution in [-0.4, -0.2) is 36.8 Å². The molecule has 0 fully saturated rings. The SMILES string of the molecule is COCCN(CC(C)C)c1ncc(Br)cn1. The Bertz CT molecular complexity index is 303. The largest absolute Gasteiger partial charge is 0.383 e. The number of hydrogen-bond acceptors (Lipinski definition) is 4. The normalized spacial score (nSPS) is 10.8. The van der Waals surface area contributed by atoms with Gasteiger partial charge in [-0.2, -0.15) is 0 Å². The second-order valence-corrected chi connectivity index (χ2v) is 4.95. The van der Waals surface area contributed by atoms with Crippen LogP contribution in [0.2, 0.25) is 0 Å². The van der Waals surface area contributed by atoms with Crippen LogP contribution in [0.4, 0.5) is 5.95 Å². The molecule has 1 aromatic heterocycles. The van der Waals surface area contributed by atoms with Crippen LogP contribution in [0.15, 0.2) is 16.9 Å². The standard InChI is InChI=1S/C11H18BrN3O/c1-9(2)8-15(4-5-16-3)11-13-6-10(12)7-14-11/h6-7,9H,4-5,8H2,1-3H3. The summed E-state index contributed by atoms with van der Waals surface area (Å²) in [5.41, 5.74) is 0. The van der Waals surface area contributed by atoms with Crippen LogP contribution >= 0.6 is 15.9 Å². The molecule has 0 N–H and O–H groups in total. The van der Waals surface area contributed by atoms with Crippen LogP contribution in [0, 0.1) is 5.92 Å². The summed E-state index contributed by atoms with van der Waals surface area (Å²) in [5, 5.41) is 0. The van der Waals surface area contributed by atoms with E-state index in [9.17, 15) is 0 Å². The highest BCUT2D eigenvalue weighted by atomic mass is 79.9. The number of methoxy groups -OCH3 is 1. The number of ether oxygens (including phenoxy) is 1. The Hall–Kier alpha value is -0.680. The molecule has 5 heteroatoms. The molecule has 90 valence electrons. The summed E-state index contributed by atoms with van der Waals surface area (Å²) in [5.74, 6) is 1.33. The number of aromatic nitrogens is 2. The monoisotopic (exact) mass is 287 g/mol. The van der Waals surface area contributed by atoms with Gasteiger partial charge in [-0.3, -0.25) is 0 Å². The third-order valence-corrected chi connectivity index (χ3v) is 2.45. The zero-order valence-corrected chi connectivity index (χ0v) is 11.6. The van der Waals surface area contributed by atoms with Crippen molar-refractivity contribution in [3.8, 4) is 0 Å². The summed E-state index contributed by atoms with van der Waals surface area (Å²) in [7, 11) is 1.70. The van der Waals surface area contributed by atoms with E-state index >= 15 is 0 Å². The lowest BCUT2D eigenvalue weighted by Crippen LogP contribution is -2.32. The smallest absolute Gasteiger partial charge is 0.225 e. The molecule has 0 aliphatic heterocycles. The summed E-state index contributed by atoms with van der Waals surface area (Å²) in [4.78, 5) is 10.7. The van der Waals surface area contributed by atoms with E-state index in [4.69, 9.17) is 4.74 Å². The van der Waals surface area contributed by atoms with Gasteiger partial charge in [0.1, 0.15) is 0 Å². The number of rotatable bonds is 6. The van der Waals surface area contributed by atoms with E-state index < -0.39 is 0 Å². The van der Waals surface area contributed by atoms with Crippen LogP contribution in [0.5, 0.6) is 0 Å². The molecule has 0 amide bonds. The first-order chi connectivity index (χ1) is 7.63. The van der Waals surface area contributed by atoms with Gasteiger partial charge in [0.2, 0.25) is 5.95 Å². The van der Waals surface area contributed by atoms with E-state index in [0.29, 0.717) is 12.5 Å². The van der Waals surface area contributed by atoms with Gasteiger partial charge in [0.25, 0.3) is 0 Å². The van der Waals surface area contributed by atoms with Crippen molar-refractivity contribution in [3.63, 3.8) is 0 Å². The topological polar surface area (TPSA) is 38.2 Å². The average molecular weight is 288 g/mol. The molecule has 1 aromatic rings. The quantitative estimate of drug-likeness (QED) is 0.805. The summed E-state index contributed by atoms with van der Waals surface area (Å²) in [6.45, 7) is 6.80. The first kappa shape index (κ1) is 13.4. The molecule has 0 aromatic carbocycles. The highest BCUT2D eigenvalue weighted by Gasteiger charge is 2.10. The highest BCUT2D eigenvalue weighted by molar-refractivity contribution is 9.10. The van der Waals surface area contributed by atoms with Gasteiger partial charge in [0.15, 0.2) is 0 Å². The van der Waals surface area contributed by atoms with Crippen LogP contribution in [0.25, 0.3) is 0 Å². The van der Waals surface area contributed by atoms with Crippen molar-refractivity contribution in [1.82, 2.24) is 9.97 Å². The first-order valence-electron chi connectivity index (χ1n) is 5.35. The van der Waals surface area contributed by atoms with E-state index in [0.717, 1.165) is 23.5 Å². The minimum atomic E-state index is 0.573. The van der Waals surface area contributed by atoms with Gasteiger partial charge in [-0.1, -0.05) is 13.8 Å². The zero-order valence-electron chi connectivity index (χ0n) is 9.98. The maximum atomic E-state index is 5.09. The first-order valence-corrected chi connectivity index (χ1v) is 6.14. The summed E-state index contributed by atoms with van der Waals surface area (Å²) < 4.78 is 5.99. The third kappa shape index (κ3) is 4.45. The van der Waals surface area contributed by atoms with Crippen molar-refractivity contribution in [2.75, 3.05) is 31.7 Å². The van der Waals surface area contributed by atoms with Crippen molar-refractivity contribution in [2.24, 2.45) is 5.92 Å². The predicted octanol–water partition coefficient (Wildman–Crippen LogP) is 2.35. The summed E-state index contributed by atoms with van der Waals surface area (Å²) in [6, 6.07) is 0. The molecule has 0 saturated heterocycles. The molecule has 0 radical (unpaired) electrons. The van der Waals surface area contributed by atoms with Gasteiger partial charge in [-0.15, -0.1) is 0 Å². The van der Waals surface area contributed by atoms with Crippen molar-refractivity contribution < 1.29 is 4.74 Å². The molecule has 0 atom stereocenters. The minimum Gasteiger partial charge on any atom is -0.383 e. The van der Waals surface area contributed by atoms with E-state index in [-0.39, 0.29) is 0 Å². The third-order valence-electron chi connectivity index (χ3n) is 2.04. The average Bonchev–Trinajstić information content (AvgIpc) is 2.25. The lowest BCUT2D eigenvalue weighted by atomic mass is 10.2. The van der Waals surface area contributed by atoms with Crippen molar-refractivity contribution >= 4 is 21.9 Å². The molecule has 4 nitrogen and oxygen atoms in total. The fraction of sp³-hybridized carbons (Fsp3) is 0.636. The zero-order chi connectivity index (χ0) is 12.0. The molecule has 1 rings (SSSR count). The van der Waals surface area contributed by atoms with E-state index in [2.05, 4.69) is 44.6 Å². The van der Waals surface area contributed by atoms with Gasteiger partial charge >= 0.3 is 0 Å². The van der Waals surface area contributed by atoms with Gasteiger partial charge in [0, 0.05) is 32.6 Å². The lowest BCUT2D eigenvalue weighted by Gasteiger charge is -2.23. The van der Waals surface area contributed by atoms with Crippen LogP contribution in [-0.2, 0) is 4.74 Å². The highest BCUT2D eigenvalue weighted by Crippen LogP contribution is 2.12. The Morgan fingerprint density at radius 1 is 1.38 bits per heavy atom. The maximum Gasteiger partial charge on any atom is 0.225 e. The van der Waals surface area contributed by atoms with Gasteiger partial charge in [-0.25, -0.2) is 9.97 Å². The fourth-order valence-electron chi connectivity index (χ4n) is 1.38. The van der Waals surface area contributed by atoms with Gasteiger partial charge in [0.05, 0.1) is 11.1 Å². The predicted molar refractivity (Wildman–Crippen MR) is 68.7 cm³/mol. The molecule has 0 spiro atoms. The maximum absolute atomic E-state index is 5.09. The Morgan fingerprint density at radius 2 is 2.00 bits per heavy atom.